The van der Waals surface area contributed by atoms with Gasteiger partial charge in [-0.25, -0.2) is 8.42 Å². The highest BCUT2D eigenvalue weighted by Gasteiger charge is 2.10. The predicted octanol–water partition coefficient (Wildman–Crippen LogP) is 3.70. The molecular formula is C15H15BrO4S. The molecule has 21 heavy (non-hydrogen) atoms. The number of sulfone groups is 1. The van der Waals surface area contributed by atoms with Crippen LogP contribution in [0.15, 0.2) is 51.8 Å². The SMILES string of the molecule is C[C@H](O)c1ccc(Oc2cccc(S(C)(=O)=O)c2)cc1Br. The Labute approximate surface area is 132 Å². The second kappa shape index (κ2) is 6.17. The van der Waals surface area contributed by atoms with Crippen LogP contribution < -0.4 is 4.74 Å². The van der Waals surface area contributed by atoms with E-state index in [9.17, 15) is 13.5 Å². The van der Waals surface area contributed by atoms with Gasteiger partial charge >= 0.3 is 0 Å². The van der Waals surface area contributed by atoms with Crippen LogP contribution in [-0.4, -0.2) is 19.8 Å². The summed E-state index contributed by atoms with van der Waals surface area (Å²) < 4.78 is 29.4. The zero-order valence-electron chi connectivity index (χ0n) is 11.6. The molecule has 0 fully saturated rings. The molecule has 0 spiro atoms. The second-order valence-corrected chi connectivity index (χ2v) is 7.58. The Kier molecular flexibility index (Phi) is 4.70. The number of benzene rings is 2. The summed E-state index contributed by atoms with van der Waals surface area (Å²) in [7, 11) is -3.27. The van der Waals surface area contributed by atoms with Crippen LogP contribution in [0.3, 0.4) is 0 Å². The van der Waals surface area contributed by atoms with Crippen molar-refractivity contribution < 1.29 is 18.3 Å². The molecule has 0 aliphatic rings. The Morgan fingerprint density at radius 3 is 2.38 bits per heavy atom. The van der Waals surface area contributed by atoms with E-state index in [-0.39, 0.29) is 4.90 Å². The maximum Gasteiger partial charge on any atom is 0.175 e. The molecule has 112 valence electrons. The molecule has 6 heteroatoms. The molecule has 1 atom stereocenters. The van der Waals surface area contributed by atoms with Crippen molar-refractivity contribution in [3.63, 3.8) is 0 Å². The summed E-state index contributed by atoms with van der Waals surface area (Å²) in [6, 6.07) is 11.5. The molecule has 0 aromatic heterocycles. The highest BCUT2D eigenvalue weighted by atomic mass is 79.9. The Bertz CT molecular complexity index is 754. The first-order valence-electron chi connectivity index (χ1n) is 6.23. The molecule has 2 rings (SSSR count). The summed E-state index contributed by atoms with van der Waals surface area (Å²) in [4.78, 5) is 0.208. The average Bonchev–Trinajstić information content (AvgIpc) is 2.37. The minimum absolute atomic E-state index is 0.208. The molecule has 0 aliphatic carbocycles. The first kappa shape index (κ1) is 16.0. The third-order valence-corrected chi connectivity index (χ3v) is 4.69. The molecular weight excluding hydrogens is 356 g/mol. The predicted molar refractivity (Wildman–Crippen MR) is 84.4 cm³/mol. The highest BCUT2D eigenvalue weighted by Crippen LogP contribution is 2.30. The van der Waals surface area contributed by atoms with Crippen molar-refractivity contribution in [3.05, 3.63) is 52.5 Å². The van der Waals surface area contributed by atoms with Crippen molar-refractivity contribution in [1.29, 1.82) is 0 Å². The van der Waals surface area contributed by atoms with Crippen LogP contribution in [0.1, 0.15) is 18.6 Å². The Morgan fingerprint density at radius 2 is 1.81 bits per heavy atom. The number of aliphatic hydroxyl groups is 1. The van der Waals surface area contributed by atoms with Crippen LogP contribution in [-0.2, 0) is 9.84 Å². The molecule has 0 unspecified atom stereocenters. The Hall–Kier alpha value is -1.37. The molecule has 0 saturated carbocycles. The van der Waals surface area contributed by atoms with Gasteiger partial charge in [-0.15, -0.1) is 0 Å². The van der Waals surface area contributed by atoms with E-state index in [4.69, 9.17) is 4.74 Å². The lowest BCUT2D eigenvalue weighted by atomic mass is 10.1. The number of hydrogen-bond donors (Lipinski definition) is 1. The number of hydrogen-bond acceptors (Lipinski definition) is 4. The van der Waals surface area contributed by atoms with Crippen LogP contribution in [0.25, 0.3) is 0 Å². The smallest absolute Gasteiger partial charge is 0.175 e. The molecule has 0 heterocycles. The molecule has 0 radical (unpaired) electrons. The van der Waals surface area contributed by atoms with E-state index >= 15 is 0 Å². The van der Waals surface area contributed by atoms with Crippen molar-refractivity contribution in [3.8, 4) is 11.5 Å². The highest BCUT2D eigenvalue weighted by molar-refractivity contribution is 9.10. The molecule has 1 N–H and O–H groups in total. The van der Waals surface area contributed by atoms with Gasteiger partial charge in [-0.3, -0.25) is 0 Å². The van der Waals surface area contributed by atoms with E-state index in [2.05, 4.69) is 15.9 Å². The maximum absolute atomic E-state index is 11.5. The number of ether oxygens (including phenoxy) is 1. The summed E-state index contributed by atoms with van der Waals surface area (Å²) >= 11 is 3.37. The van der Waals surface area contributed by atoms with Crippen molar-refractivity contribution in [1.82, 2.24) is 0 Å². The van der Waals surface area contributed by atoms with Gasteiger partial charge in [0.1, 0.15) is 11.5 Å². The minimum Gasteiger partial charge on any atom is -0.457 e. The van der Waals surface area contributed by atoms with Gasteiger partial charge in [0.15, 0.2) is 9.84 Å². The monoisotopic (exact) mass is 370 g/mol. The summed E-state index contributed by atoms with van der Waals surface area (Å²) in [5, 5.41) is 9.57. The van der Waals surface area contributed by atoms with Gasteiger partial charge in [0.2, 0.25) is 0 Å². The van der Waals surface area contributed by atoms with Crippen molar-refractivity contribution >= 4 is 25.8 Å². The maximum atomic E-state index is 11.5. The van der Waals surface area contributed by atoms with Crippen LogP contribution in [0, 0.1) is 0 Å². The van der Waals surface area contributed by atoms with E-state index in [1.54, 1.807) is 37.3 Å². The third-order valence-electron chi connectivity index (χ3n) is 2.89. The van der Waals surface area contributed by atoms with Crippen LogP contribution in [0.4, 0.5) is 0 Å². The van der Waals surface area contributed by atoms with Gasteiger partial charge in [-0.1, -0.05) is 28.1 Å². The lowest BCUT2D eigenvalue weighted by Crippen LogP contribution is -1.97. The van der Waals surface area contributed by atoms with Gasteiger partial charge in [0.05, 0.1) is 11.0 Å². The van der Waals surface area contributed by atoms with Gasteiger partial charge in [-0.05, 0) is 42.8 Å². The Balaban J connectivity index is 2.29. The fourth-order valence-electron chi connectivity index (χ4n) is 1.81. The number of halogens is 1. The molecule has 4 nitrogen and oxygen atoms in total. The fraction of sp³-hybridized carbons (Fsp3) is 0.200. The van der Waals surface area contributed by atoms with Crippen LogP contribution in [0.5, 0.6) is 11.5 Å². The molecule has 0 saturated heterocycles. The number of aliphatic hydroxyl groups excluding tert-OH is 1. The summed E-state index contributed by atoms with van der Waals surface area (Å²) in [5.41, 5.74) is 0.757. The first-order chi connectivity index (χ1) is 9.77. The molecule has 2 aromatic rings. The van der Waals surface area contributed by atoms with Crippen molar-refractivity contribution in [2.24, 2.45) is 0 Å². The average molecular weight is 371 g/mol. The first-order valence-corrected chi connectivity index (χ1v) is 8.91. The zero-order chi connectivity index (χ0) is 15.6. The van der Waals surface area contributed by atoms with Gasteiger partial charge < -0.3 is 9.84 Å². The van der Waals surface area contributed by atoms with Crippen LogP contribution >= 0.6 is 15.9 Å². The van der Waals surface area contributed by atoms with Crippen LogP contribution in [0.2, 0.25) is 0 Å². The van der Waals surface area contributed by atoms with Gasteiger partial charge in [0, 0.05) is 10.7 Å². The molecule has 0 amide bonds. The Morgan fingerprint density at radius 1 is 1.14 bits per heavy atom. The van der Waals surface area contributed by atoms with E-state index in [0.717, 1.165) is 16.3 Å². The van der Waals surface area contributed by atoms with E-state index in [1.165, 1.54) is 12.1 Å². The summed E-state index contributed by atoms with van der Waals surface area (Å²) in [6.45, 7) is 1.68. The van der Waals surface area contributed by atoms with Crippen molar-refractivity contribution in [2.45, 2.75) is 17.9 Å². The summed E-state index contributed by atoms with van der Waals surface area (Å²) in [5.74, 6) is 0.992. The minimum atomic E-state index is -3.27. The summed E-state index contributed by atoms with van der Waals surface area (Å²) in [6.07, 6.45) is 0.571. The molecule has 0 bridgehead atoms. The van der Waals surface area contributed by atoms with E-state index in [1.807, 2.05) is 0 Å². The lowest BCUT2D eigenvalue weighted by molar-refractivity contribution is 0.198. The molecule has 0 aliphatic heterocycles. The van der Waals surface area contributed by atoms with Crippen molar-refractivity contribution in [2.75, 3.05) is 6.26 Å². The fourth-order valence-corrected chi connectivity index (χ4v) is 3.16. The van der Waals surface area contributed by atoms with Gasteiger partial charge in [-0.2, -0.15) is 0 Å². The van der Waals surface area contributed by atoms with E-state index in [0.29, 0.717) is 11.5 Å². The lowest BCUT2D eigenvalue weighted by Gasteiger charge is -2.11. The van der Waals surface area contributed by atoms with E-state index < -0.39 is 15.9 Å². The quantitative estimate of drug-likeness (QED) is 0.890. The second-order valence-electron chi connectivity index (χ2n) is 4.71. The van der Waals surface area contributed by atoms with Gasteiger partial charge in [0.25, 0.3) is 0 Å². The normalized spacial score (nSPS) is 13.0. The third kappa shape index (κ3) is 4.06. The molecule has 2 aromatic carbocycles. The largest absolute Gasteiger partial charge is 0.457 e. The standard InChI is InChI=1S/C15H15BrO4S/c1-10(17)14-7-6-12(9-15(14)16)20-11-4-3-5-13(8-11)21(2,18)19/h3-10,17H,1-2H3/t10-/m0/s1. The topological polar surface area (TPSA) is 63.6 Å². The zero-order valence-corrected chi connectivity index (χ0v) is 14.0. The number of rotatable bonds is 4.